The van der Waals surface area contributed by atoms with Gasteiger partial charge < -0.3 is 13.9 Å². The molecule has 0 N–H and O–H groups in total. The molecule has 0 atom stereocenters. The van der Waals surface area contributed by atoms with Crippen LogP contribution in [0.15, 0.2) is 212 Å². The lowest BCUT2D eigenvalue weighted by molar-refractivity contribution is 0.550. The van der Waals surface area contributed by atoms with E-state index >= 15 is 0 Å². The van der Waals surface area contributed by atoms with E-state index in [2.05, 4.69) is 261 Å². The predicted octanol–water partition coefficient (Wildman–Crippen LogP) is 25.2. The van der Waals surface area contributed by atoms with Gasteiger partial charge in [0.25, 0.3) is 0 Å². The first-order valence-corrected chi connectivity index (χ1v) is 31.6. The van der Waals surface area contributed by atoms with Crippen LogP contribution in [0.3, 0.4) is 0 Å². The molecule has 3 heterocycles. The van der Waals surface area contributed by atoms with E-state index in [1.807, 2.05) is 69.2 Å². The summed E-state index contributed by atoms with van der Waals surface area (Å²) in [5, 5.41) is 7.65. The molecule has 3 heteroatoms. The summed E-state index contributed by atoms with van der Waals surface area (Å²) in [7, 11) is 0. The summed E-state index contributed by atoms with van der Waals surface area (Å²) in [6.45, 7) is 31.5. The van der Waals surface area contributed by atoms with E-state index in [4.69, 9.17) is 0 Å². The number of hydrogen-bond acceptors (Lipinski definition) is 1. The zero-order valence-corrected chi connectivity index (χ0v) is 52.7. The molecule has 0 aliphatic heterocycles. The summed E-state index contributed by atoms with van der Waals surface area (Å²) in [4.78, 5) is 2.47. The topological polar surface area (TPSA) is 12.6 Å². The van der Waals surface area contributed by atoms with Crippen molar-refractivity contribution in [2.45, 2.75) is 141 Å². The van der Waals surface area contributed by atoms with Crippen LogP contribution in [0.4, 0.5) is 17.1 Å². The Morgan fingerprint density at radius 2 is 0.976 bits per heavy atom. The van der Waals surface area contributed by atoms with Crippen molar-refractivity contribution in [3.63, 3.8) is 0 Å². The molecule has 0 bridgehead atoms. The van der Waals surface area contributed by atoms with E-state index in [9.17, 15) is 0 Å². The van der Waals surface area contributed by atoms with Crippen molar-refractivity contribution in [2.24, 2.45) is 5.92 Å². The molecule has 426 valence electrons. The van der Waals surface area contributed by atoms with Gasteiger partial charge in [-0.15, -0.1) is 0 Å². The fourth-order valence-electron chi connectivity index (χ4n) is 12.4. The molecule has 0 spiro atoms. The van der Waals surface area contributed by atoms with Crippen molar-refractivity contribution in [1.29, 1.82) is 0 Å². The summed E-state index contributed by atoms with van der Waals surface area (Å²) in [6, 6.07) is 72.7. The number of aromatic nitrogens is 2. The van der Waals surface area contributed by atoms with Crippen LogP contribution in [0.25, 0.3) is 99.0 Å². The third-order valence-electron chi connectivity index (χ3n) is 16.1. The molecule has 2 aliphatic carbocycles. The van der Waals surface area contributed by atoms with Crippen LogP contribution < -0.4 is 4.90 Å². The van der Waals surface area contributed by atoms with Crippen LogP contribution in [0.2, 0.25) is 0 Å². The summed E-state index contributed by atoms with van der Waals surface area (Å²) < 4.78 is 4.94. The van der Waals surface area contributed by atoms with Crippen molar-refractivity contribution in [1.82, 2.24) is 8.97 Å². The van der Waals surface area contributed by atoms with Gasteiger partial charge in [0.1, 0.15) is 0 Å². The van der Waals surface area contributed by atoms with Crippen LogP contribution in [0.1, 0.15) is 147 Å². The lowest BCUT2D eigenvalue weighted by atomic mass is 9.82. The smallest absolute Gasteiger partial charge is 0.0641 e. The predicted molar refractivity (Wildman–Crippen MR) is 371 cm³/mol. The molecule has 0 radical (unpaired) electrons. The molecule has 0 saturated heterocycles. The fourth-order valence-corrected chi connectivity index (χ4v) is 12.4. The average molecular weight is 1090 g/mol. The van der Waals surface area contributed by atoms with Crippen LogP contribution in [0.5, 0.6) is 0 Å². The summed E-state index contributed by atoms with van der Waals surface area (Å²) in [6.07, 6.45) is 13.0. The van der Waals surface area contributed by atoms with Gasteiger partial charge in [-0.3, -0.25) is 0 Å². The maximum absolute atomic E-state index is 2.48. The number of hydrogen-bond donors (Lipinski definition) is 0. The molecule has 3 nitrogen and oxygen atoms in total. The van der Waals surface area contributed by atoms with Gasteiger partial charge >= 0.3 is 0 Å². The van der Waals surface area contributed by atoms with E-state index in [1.54, 1.807) is 0 Å². The van der Waals surface area contributed by atoms with Gasteiger partial charge in [0.05, 0.1) is 33.3 Å². The molecular formula is C80H91N3. The van der Waals surface area contributed by atoms with Crippen molar-refractivity contribution >= 4 is 82.7 Å². The Bertz CT molecular complexity index is 4120. The van der Waals surface area contributed by atoms with E-state index in [0.717, 1.165) is 35.8 Å². The van der Waals surface area contributed by atoms with Crippen LogP contribution in [-0.2, 0) is 5.41 Å². The minimum atomic E-state index is -0.0189. The van der Waals surface area contributed by atoms with Gasteiger partial charge in [0.2, 0.25) is 0 Å². The average Bonchev–Trinajstić information content (AvgIpc) is 1.69. The Morgan fingerprint density at radius 1 is 0.470 bits per heavy atom. The number of nitrogens with zero attached hydrogens (tertiary/aromatic N) is 3. The van der Waals surface area contributed by atoms with Crippen LogP contribution in [0, 0.1) is 5.92 Å². The van der Waals surface area contributed by atoms with Gasteiger partial charge in [-0.05, 0) is 136 Å². The molecule has 83 heavy (non-hydrogen) atoms. The first-order valence-electron chi connectivity index (χ1n) is 31.6. The highest BCUT2D eigenvalue weighted by Gasteiger charge is 2.35. The number of allylic oxidation sites excluding steroid dienone is 4. The Morgan fingerprint density at radius 3 is 1.57 bits per heavy atom. The largest absolute Gasteiger partial charge is 0.313 e. The van der Waals surface area contributed by atoms with Gasteiger partial charge in [0.15, 0.2) is 0 Å². The summed E-state index contributed by atoms with van der Waals surface area (Å²) in [5.74, 6) is 0.903. The number of fused-ring (bicyclic) bond motifs is 12. The van der Waals surface area contributed by atoms with E-state index in [-0.39, 0.29) is 5.41 Å². The quantitative estimate of drug-likeness (QED) is 0.140. The van der Waals surface area contributed by atoms with Gasteiger partial charge in [0, 0.05) is 54.8 Å². The lowest BCUT2D eigenvalue weighted by Gasteiger charge is -2.27. The Kier molecular flexibility index (Phi) is 20.4. The van der Waals surface area contributed by atoms with Crippen LogP contribution in [-0.4, -0.2) is 8.97 Å². The fraction of sp³-hybridized carbons (Fsp3) is 0.275. The van der Waals surface area contributed by atoms with E-state index < -0.39 is 0 Å². The standard InChI is InChI=1S/C63H45N3.C7H16.5C2H6/c1-63(2)54-20-10-6-16-47(54)52-38-42(28-35-55(52)63)40-24-30-45(31-25-40)64(60-37-34-50-48-17-7-12-22-57(48)66-58-23-13-9-19-51(58)61(60)62(50)66)46-32-26-41(27-33-46)43-29-36-59-53(39-43)49-18-8-11-21-56(49)65(59)44-14-4-3-5-15-44;1-4-5-6-7(2)3;5*1-2/h3-4,6-14,16-39H,5,15H2,1-2H3;7H,4-6H2,1-3H3;5*1-2H3. The monoisotopic (exact) mass is 1090 g/mol. The summed E-state index contributed by atoms with van der Waals surface area (Å²) >= 11 is 0. The third kappa shape index (κ3) is 11.4. The Labute approximate surface area is 498 Å². The van der Waals surface area contributed by atoms with Crippen molar-refractivity contribution in [3.8, 4) is 33.4 Å². The summed E-state index contributed by atoms with van der Waals surface area (Å²) in [5.41, 5.74) is 21.3. The van der Waals surface area contributed by atoms with Crippen LogP contribution >= 0.6 is 0 Å². The lowest BCUT2D eigenvalue weighted by Crippen LogP contribution is -2.14. The molecule has 3 aromatic heterocycles. The SMILES string of the molecule is CC.CC.CC.CC.CC.CC1(C)c2ccccc2-c2cc(-c3ccc(N(c4ccc(-c5ccc6c(c5)c5ccccc5n6C5=CC=CCC5)cc4)c4ccc5c6ccccc6n6c7ccccc7c4c56)cc3)ccc21.CCCCC(C)C. The van der Waals surface area contributed by atoms with Gasteiger partial charge in [-0.2, -0.15) is 0 Å². The second kappa shape index (κ2) is 27.8. The molecular weight excluding hydrogens is 1000 g/mol. The number of para-hydroxylation sites is 3. The van der Waals surface area contributed by atoms with Gasteiger partial charge in [-0.1, -0.05) is 263 Å². The first-order chi connectivity index (χ1) is 40.8. The molecule has 2 aliphatic rings. The number of benzene rings is 9. The molecule has 0 amide bonds. The highest BCUT2D eigenvalue weighted by atomic mass is 15.1. The highest BCUT2D eigenvalue weighted by molar-refractivity contribution is 6.27. The molecule has 0 unspecified atom stereocenters. The van der Waals surface area contributed by atoms with E-state index in [1.165, 1.54) is 129 Å². The number of anilines is 3. The minimum absolute atomic E-state index is 0.0189. The second-order valence-corrected chi connectivity index (χ2v) is 21.3. The minimum Gasteiger partial charge on any atom is -0.313 e. The Hall–Kier alpha value is -8.14. The first kappa shape index (κ1) is 60.9. The van der Waals surface area contributed by atoms with Gasteiger partial charge in [-0.25, -0.2) is 0 Å². The number of unbranched alkanes of at least 4 members (excludes halogenated alkanes) is 1. The Balaban J connectivity index is 0.000000479. The zero-order valence-electron chi connectivity index (χ0n) is 52.7. The maximum atomic E-state index is 2.48. The normalized spacial score (nSPS) is 12.6. The van der Waals surface area contributed by atoms with Crippen molar-refractivity contribution in [2.75, 3.05) is 4.90 Å². The highest BCUT2D eigenvalue weighted by Crippen LogP contribution is 2.51. The number of rotatable bonds is 9. The zero-order chi connectivity index (χ0) is 59.4. The molecule has 12 aromatic rings. The molecule has 0 fully saturated rings. The van der Waals surface area contributed by atoms with E-state index in [0.29, 0.717) is 0 Å². The van der Waals surface area contributed by atoms with Crippen molar-refractivity contribution < 1.29 is 0 Å². The second-order valence-electron chi connectivity index (χ2n) is 21.3. The molecule has 9 aromatic carbocycles. The van der Waals surface area contributed by atoms with Crippen molar-refractivity contribution in [3.05, 3.63) is 223 Å². The molecule has 0 saturated carbocycles. The maximum Gasteiger partial charge on any atom is 0.0641 e. The third-order valence-corrected chi connectivity index (χ3v) is 16.1. The molecule has 14 rings (SSSR count).